The van der Waals surface area contributed by atoms with E-state index in [4.69, 9.17) is 11.6 Å². The molecule has 1 aromatic carbocycles. The van der Waals surface area contributed by atoms with Crippen molar-refractivity contribution in [2.75, 3.05) is 5.32 Å². The SMILES string of the molecule is O=C(O)c1cc2nc(C(F)(F)F)ccc2cc1NC(=O)c1cc(Br)nn1-c1ncccc1Cl. The molecular formula is C20H10BrClF3N5O3. The van der Waals surface area contributed by atoms with Crippen molar-refractivity contribution < 1.29 is 27.9 Å². The lowest BCUT2D eigenvalue weighted by atomic mass is 10.1. The maximum Gasteiger partial charge on any atom is 0.433 e. The number of carboxylic acid groups (broad SMARTS) is 1. The number of fused-ring (bicyclic) bond motifs is 1. The Kier molecular flexibility index (Phi) is 5.80. The van der Waals surface area contributed by atoms with Crippen molar-refractivity contribution in [1.82, 2.24) is 19.7 Å². The highest BCUT2D eigenvalue weighted by molar-refractivity contribution is 9.10. The summed E-state index contributed by atoms with van der Waals surface area (Å²) in [7, 11) is 0. The van der Waals surface area contributed by atoms with Crippen LogP contribution in [0.15, 0.2) is 53.3 Å². The molecule has 13 heteroatoms. The lowest BCUT2D eigenvalue weighted by Crippen LogP contribution is -2.19. The van der Waals surface area contributed by atoms with Gasteiger partial charge in [0.15, 0.2) is 5.82 Å². The number of halogens is 5. The number of carbonyl (C=O) groups is 2. The number of nitrogens with zero attached hydrogens (tertiary/aromatic N) is 4. The van der Waals surface area contributed by atoms with Crippen LogP contribution >= 0.6 is 27.5 Å². The van der Waals surface area contributed by atoms with Gasteiger partial charge in [-0.2, -0.15) is 18.3 Å². The molecule has 4 rings (SSSR count). The number of carbonyl (C=O) groups excluding carboxylic acids is 1. The molecule has 0 fully saturated rings. The Morgan fingerprint density at radius 1 is 1.15 bits per heavy atom. The Balaban J connectivity index is 1.77. The Bertz CT molecular complexity index is 1420. The fourth-order valence-corrected chi connectivity index (χ4v) is 3.58. The Morgan fingerprint density at radius 2 is 1.91 bits per heavy atom. The summed E-state index contributed by atoms with van der Waals surface area (Å²) in [5.74, 6) is -2.05. The van der Waals surface area contributed by atoms with Crippen molar-refractivity contribution in [3.63, 3.8) is 0 Å². The van der Waals surface area contributed by atoms with E-state index in [1.165, 1.54) is 23.0 Å². The van der Waals surface area contributed by atoms with Crippen molar-refractivity contribution in [2.45, 2.75) is 6.18 Å². The molecule has 0 aliphatic heterocycles. The molecule has 1 amide bonds. The summed E-state index contributed by atoms with van der Waals surface area (Å²) in [5.41, 5.74) is -1.96. The van der Waals surface area contributed by atoms with E-state index in [9.17, 15) is 27.9 Å². The van der Waals surface area contributed by atoms with Gasteiger partial charge in [0.1, 0.15) is 16.0 Å². The molecule has 0 aliphatic rings. The zero-order valence-electron chi connectivity index (χ0n) is 16.1. The monoisotopic (exact) mass is 539 g/mol. The van der Waals surface area contributed by atoms with Gasteiger partial charge >= 0.3 is 12.1 Å². The van der Waals surface area contributed by atoms with Crippen LogP contribution in [0.1, 0.15) is 26.5 Å². The van der Waals surface area contributed by atoms with E-state index >= 15 is 0 Å². The number of amides is 1. The number of aromatic nitrogens is 4. The van der Waals surface area contributed by atoms with Gasteiger partial charge in [-0.1, -0.05) is 17.7 Å². The summed E-state index contributed by atoms with van der Waals surface area (Å²) >= 11 is 9.32. The molecule has 3 heterocycles. The van der Waals surface area contributed by atoms with Gasteiger partial charge in [0.05, 0.1) is 21.8 Å². The molecule has 168 valence electrons. The molecule has 33 heavy (non-hydrogen) atoms. The van der Waals surface area contributed by atoms with Crippen LogP contribution in [0, 0.1) is 0 Å². The lowest BCUT2D eigenvalue weighted by Gasteiger charge is -2.12. The zero-order valence-corrected chi connectivity index (χ0v) is 18.4. The fourth-order valence-electron chi connectivity index (χ4n) is 3.00. The molecule has 0 atom stereocenters. The summed E-state index contributed by atoms with van der Waals surface area (Å²) in [6.45, 7) is 0. The molecule has 0 unspecified atom stereocenters. The maximum absolute atomic E-state index is 13.0. The number of benzene rings is 1. The second-order valence-electron chi connectivity index (χ2n) is 6.62. The maximum atomic E-state index is 13.0. The smallest absolute Gasteiger partial charge is 0.433 e. The van der Waals surface area contributed by atoms with Crippen LogP contribution in [0.4, 0.5) is 18.9 Å². The van der Waals surface area contributed by atoms with Crippen LogP contribution in [-0.4, -0.2) is 36.7 Å². The molecule has 0 saturated carbocycles. The molecule has 0 radical (unpaired) electrons. The molecule has 3 aromatic heterocycles. The van der Waals surface area contributed by atoms with Gasteiger partial charge in [0, 0.05) is 17.6 Å². The van der Waals surface area contributed by atoms with E-state index in [0.29, 0.717) is 0 Å². The van der Waals surface area contributed by atoms with Crippen LogP contribution in [0.5, 0.6) is 0 Å². The standard InChI is InChI=1S/C20H10BrClF3N5O3/c21-16-8-14(30(29-16)17-11(22)2-1-5-26-17)18(31)28-13-6-9-3-4-15(20(23,24)25)27-12(9)7-10(13)19(32)33/h1-8H,(H,28,31)(H,32,33). The zero-order chi connectivity index (χ0) is 23.9. The first-order chi connectivity index (χ1) is 15.5. The minimum absolute atomic E-state index is 0.0237. The van der Waals surface area contributed by atoms with Crippen molar-refractivity contribution >= 4 is 56.0 Å². The number of hydrogen-bond acceptors (Lipinski definition) is 5. The molecule has 8 nitrogen and oxygen atoms in total. The van der Waals surface area contributed by atoms with E-state index < -0.39 is 29.3 Å². The Hall–Kier alpha value is -3.51. The second kappa shape index (κ2) is 8.45. The topological polar surface area (TPSA) is 110 Å². The molecular weight excluding hydrogens is 531 g/mol. The molecule has 0 bridgehead atoms. The first kappa shape index (κ1) is 22.7. The first-order valence-corrected chi connectivity index (χ1v) is 10.1. The Labute approximate surface area is 196 Å². The largest absolute Gasteiger partial charge is 0.478 e. The van der Waals surface area contributed by atoms with Gasteiger partial charge in [0.25, 0.3) is 5.91 Å². The highest BCUT2D eigenvalue weighted by Crippen LogP contribution is 2.31. The van der Waals surface area contributed by atoms with E-state index in [-0.39, 0.29) is 37.7 Å². The number of carboxylic acids is 1. The number of alkyl halides is 3. The summed E-state index contributed by atoms with van der Waals surface area (Å²) in [5, 5.41) is 16.6. The number of nitrogens with one attached hydrogen (secondary N) is 1. The molecule has 4 aromatic rings. The quantitative estimate of drug-likeness (QED) is 0.368. The van der Waals surface area contributed by atoms with Gasteiger partial charge in [0.2, 0.25) is 0 Å². The Morgan fingerprint density at radius 3 is 2.58 bits per heavy atom. The average Bonchev–Trinajstić information content (AvgIpc) is 3.14. The van der Waals surface area contributed by atoms with Gasteiger partial charge in [-0.25, -0.2) is 19.4 Å². The summed E-state index contributed by atoms with van der Waals surface area (Å²) < 4.78 is 40.3. The molecule has 0 spiro atoms. The predicted molar refractivity (Wildman–Crippen MR) is 116 cm³/mol. The first-order valence-electron chi connectivity index (χ1n) is 8.97. The van der Waals surface area contributed by atoms with Crippen LogP contribution in [-0.2, 0) is 6.18 Å². The summed E-state index contributed by atoms with van der Waals surface area (Å²) in [4.78, 5) is 32.3. The minimum atomic E-state index is -4.69. The van der Waals surface area contributed by atoms with Gasteiger partial charge in [-0.3, -0.25) is 4.79 Å². The van der Waals surface area contributed by atoms with Crippen molar-refractivity contribution in [2.24, 2.45) is 0 Å². The van der Waals surface area contributed by atoms with Crippen molar-refractivity contribution in [3.05, 3.63) is 75.2 Å². The predicted octanol–water partition coefficient (Wildman–Crippen LogP) is 5.20. The summed E-state index contributed by atoms with van der Waals surface area (Å²) in [6, 6.07) is 8.62. The van der Waals surface area contributed by atoms with E-state index in [1.54, 1.807) is 12.1 Å². The van der Waals surface area contributed by atoms with Crippen LogP contribution in [0.3, 0.4) is 0 Å². The average molecular weight is 541 g/mol. The van der Waals surface area contributed by atoms with Gasteiger partial charge < -0.3 is 10.4 Å². The number of pyridine rings is 2. The highest BCUT2D eigenvalue weighted by Gasteiger charge is 2.32. The third kappa shape index (κ3) is 4.52. The van der Waals surface area contributed by atoms with Crippen molar-refractivity contribution in [1.29, 1.82) is 0 Å². The number of aromatic carboxylic acids is 1. The van der Waals surface area contributed by atoms with Gasteiger partial charge in [-0.05, 0) is 46.3 Å². The molecule has 2 N–H and O–H groups in total. The highest BCUT2D eigenvalue weighted by atomic mass is 79.9. The van der Waals surface area contributed by atoms with E-state index in [0.717, 1.165) is 18.2 Å². The van der Waals surface area contributed by atoms with Crippen LogP contribution in [0.25, 0.3) is 16.7 Å². The fraction of sp³-hybridized carbons (Fsp3) is 0.0500. The van der Waals surface area contributed by atoms with Gasteiger partial charge in [-0.15, -0.1) is 0 Å². The lowest BCUT2D eigenvalue weighted by molar-refractivity contribution is -0.140. The second-order valence-corrected chi connectivity index (χ2v) is 7.84. The number of hydrogen-bond donors (Lipinski definition) is 2. The third-order valence-electron chi connectivity index (χ3n) is 4.45. The summed E-state index contributed by atoms with van der Waals surface area (Å²) in [6.07, 6.45) is -3.24. The number of anilines is 1. The molecule has 0 aliphatic carbocycles. The van der Waals surface area contributed by atoms with Crippen LogP contribution in [0.2, 0.25) is 5.02 Å². The third-order valence-corrected chi connectivity index (χ3v) is 5.13. The minimum Gasteiger partial charge on any atom is -0.478 e. The number of rotatable bonds is 4. The molecule has 0 saturated heterocycles. The normalized spacial score (nSPS) is 11.5. The van der Waals surface area contributed by atoms with Crippen molar-refractivity contribution in [3.8, 4) is 5.82 Å². The van der Waals surface area contributed by atoms with Crippen LogP contribution < -0.4 is 5.32 Å². The van der Waals surface area contributed by atoms with E-state index in [2.05, 4.69) is 36.3 Å². The van der Waals surface area contributed by atoms with E-state index in [1.807, 2.05) is 0 Å².